The van der Waals surface area contributed by atoms with E-state index in [0.29, 0.717) is 31.1 Å². The number of amides is 2. The van der Waals surface area contributed by atoms with Crippen LogP contribution < -0.4 is 10.6 Å². The Balaban J connectivity index is 1.25. The van der Waals surface area contributed by atoms with Crippen LogP contribution in [0.25, 0.3) is 0 Å². The molecule has 1 heterocycles. The van der Waals surface area contributed by atoms with E-state index < -0.39 is 0 Å². The molecule has 0 spiro atoms. The van der Waals surface area contributed by atoms with Gasteiger partial charge in [-0.05, 0) is 54.3 Å². The van der Waals surface area contributed by atoms with Gasteiger partial charge in [-0.1, -0.05) is 12.1 Å². The normalized spacial score (nSPS) is 21.4. The van der Waals surface area contributed by atoms with E-state index in [1.165, 1.54) is 12.1 Å². The van der Waals surface area contributed by atoms with Crippen LogP contribution in [-0.2, 0) is 14.3 Å². The van der Waals surface area contributed by atoms with Gasteiger partial charge in [-0.3, -0.25) is 14.5 Å². The average Bonchev–Trinajstić information content (AvgIpc) is 3.52. The van der Waals surface area contributed by atoms with Crippen molar-refractivity contribution in [3.63, 3.8) is 0 Å². The summed E-state index contributed by atoms with van der Waals surface area (Å²) < 4.78 is 18.3. The van der Waals surface area contributed by atoms with E-state index in [2.05, 4.69) is 15.5 Å². The van der Waals surface area contributed by atoms with Crippen LogP contribution in [-0.4, -0.2) is 49.6 Å². The first kappa shape index (κ1) is 19.5. The number of morpholine rings is 1. The Morgan fingerprint density at radius 3 is 2.24 bits per heavy atom. The highest BCUT2D eigenvalue weighted by atomic mass is 19.1. The van der Waals surface area contributed by atoms with Gasteiger partial charge in [0.1, 0.15) is 5.82 Å². The Bertz CT molecular complexity index is 864. The highest BCUT2D eigenvalue weighted by molar-refractivity contribution is 5.96. The fraction of sp³-hybridized carbons (Fsp3) is 0.364. The van der Waals surface area contributed by atoms with E-state index in [0.717, 1.165) is 25.1 Å². The van der Waals surface area contributed by atoms with E-state index in [-0.39, 0.29) is 29.5 Å². The van der Waals surface area contributed by atoms with Crippen LogP contribution in [0.2, 0.25) is 0 Å². The molecule has 2 aromatic rings. The second-order valence-electron chi connectivity index (χ2n) is 7.50. The Labute approximate surface area is 169 Å². The first-order valence-electron chi connectivity index (χ1n) is 9.85. The highest BCUT2D eigenvalue weighted by Crippen LogP contribution is 2.48. The van der Waals surface area contributed by atoms with Crippen molar-refractivity contribution in [2.75, 3.05) is 43.5 Å². The molecular weight excluding hydrogens is 373 g/mol. The lowest BCUT2D eigenvalue weighted by atomic mass is 10.1. The number of ether oxygens (including phenoxy) is 1. The highest BCUT2D eigenvalue weighted by Gasteiger charge is 2.43. The van der Waals surface area contributed by atoms with Crippen molar-refractivity contribution in [2.45, 2.75) is 12.3 Å². The van der Waals surface area contributed by atoms with Gasteiger partial charge >= 0.3 is 0 Å². The summed E-state index contributed by atoms with van der Waals surface area (Å²) in [5.74, 6) is -0.317. The molecule has 2 fully saturated rings. The maximum absolute atomic E-state index is 13.0. The minimum absolute atomic E-state index is 0.0385. The third-order valence-electron chi connectivity index (χ3n) is 5.33. The predicted molar refractivity (Wildman–Crippen MR) is 108 cm³/mol. The molecule has 29 heavy (non-hydrogen) atoms. The van der Waals surface area contributed by atoms with Crippen LogP contribution in [0.1, 0.15) is 17.9 Å². The smallest absolute Gasteiger partial charge is 0.238 e. The molecule has 2 aromatic carbocycles. The van der Waals surface area contributed by atoms with E-state index in [4.69, 9.17) is 4.74 Å². The maximum Gasteiger partial charge on any atom is 0.238 e. The predicted octanol–water partition coefficient (Wildman–Crippen LogP) is 2.84. The Hall–Kier alpha value is -2.77. The zero-order chi connectivity index (χ0) is 20.2. The molecule has 2 N–H and O–H groups in total. The average molecular weight is 397 g/mol. The monoisotopic (exact) mass is 397 g/mol. The molecule has 1 saturated carbocycles. The van der Waals surface area contributed by atoms with Crippen LogP contribution in [0.4, 0.5) is 15.8 Å². The summed E-state index contributed by atoms with van der Waals surface area (Å²) in [6.07, 6.45) is 0.771. The Morgan fingerprint density at radius 2 is 1.59 bits per heavy atom. The number of nitrogens with zero attached hydrogens (tertiary/aromatic N) is 1. The van der Waals surface area contributed by atoms with Crippen LogP contribution >= 0.6 is 0 Å². The Kier molecular flexibility index (Phi) is 5.87. The van der Waals surface area contributed by atoms with E-state index in [1.807, 2.05) is 0 Å². The van der Waals surface area contributed by atoms with Crippen molar-refractivity contribution in [1.82, 2.24) is 4.90 Å². The number of carbonyl (C=O) groups is 2. The Morgan fingerprint density at radius 1 is 0.966 bits per heavy atom. The van der Waals surface area contributed by atoms with Crippen molar-refractivity contribution >= 4 is 23.2 Å². The lowest BCUT2D eigenvalue weighted by Crippen LogP contribution is -2.41. The van der Waals surface area contributed by atoms with Crippen LogP contribution in [0.15, 0.2) is 48.5 Å². The zero-order valence-corrected chi connectivity index (χ0v) is 16.1. The summed E-state index contributed by atoms with van der Waals surface area (Å²) in [7, 11) is 0. The van der Waals surface area contributed by atoms with Gasteiger partial charge < -0.3 is 15.4 Å². The second-order valence-corrected chi connectivity index (χ2v) is 7.50. The lowest BCUT2D eigenvalue weighted by Gasteiger charge is -2.25. The standard InChI is InChI=1S/C22H24FN3O3/c23-16-3-1-15(2-4-16)19-13-20(19)22(28)25-18-7-5-17(6-8-18)24-21(27)14-26-9-11-29-12-10-26/h1-8,19-20H,9-14H2,(H,24,27)(H,25,28). The third kappa shape index (κ3) is 5.19. The molecular formula is C22H24FN3O3. The van der Waals surface area contributed by atoms with E-state index in [9.17, 15) is 14.0 Å². The van der Waals surface area contributed by atoms with Crippen molar-refractivity contribution in [1.29, 1.82) is 0 Å². The molecule has 4 rings (SSSR count). The summed E-state index contributed by atoms with van der Waals surface area (Å²) in [5, 5.41) is 5.79. The molecule has 2 atom stereocenters. The second kappa shape index (κ2) is 8.71. The fourth-order valence-corrected chi connectivity index (χ4v) is 3.60. The number of benzene rings is 2. The first-order valence-corrected chi connectivity index (χ1v) is 9.85. The number of nitrogens with one attached hydrogen (secondary N) is 2. The number of rotatable bonds is 6. The summed E-state index contributed by atoms with van der Waals surface area (Å²) in [4.78, 5) is 26.6. The molecule has 0 radical (unpaired) electrons. The number of anilines is 2. The molecule has 1 aliphatic heterocycles. The third-order valence-corrected chi connectivity index (χ3v) is 5.33. The van der Waals surface area contributed by atoms with Gasteiger partial charge in [-0.25, -0.2) is 4.39 Å². The van der Waals surface area contributed by atoms with Crippen molar-refractivity contribution < 1.29 is 18.7 Å². The van der Waals surface area contributed by atoms with Gasteiger partial charge in [-0.15, -0.1) is 0 Å². The van der Waals surface area contributed by atoms with Gasteiger partial charge in [0.25, 0.3) is 0 Å². The molecule has 1 aliphatic carbocycles. The first-order chi connectivity index (χ1) is 14.1. The molecule has 7 heteroatoms. The van der Waals surface area contributed by atoms with E-state index in [1.54, 1.807) is 36.4 Å². The molecule has 2 unspecified atom stereocenters. The van der Waals surface area contributed by atoms with Gasteiger partial charge in [0.2, 0.25) is 11.8 Å². The van der Waals surface area contributed by atoms with Gasteiger partial charge in [-0.2, -0.15) is 0 Å². The number of carbonyl (C=O) groups excluding carboxylic acids is 2. The summed E-state index contributed by atoms with van der Waals surface area (Å²) >= 11 is 0. The summed E-state index contributed by atoms with van der Waals surface area (Å²) in [6, 6.07) is 13.4. The van der Waals surface area contributed by atoms with Crippen LogP contribution in [0, 0.1) is 11.7 Å². The van der Waals surface area contributed by atoms with Crippen molar-refractivity contribution in [3.8, 4) is 0 Å². The topological polar surface area (TPSA) is 70.7 Å². The summed E-state index contributed by atoms with van der Waals surface area (Å²) in [5.41, 5.74) is 2.37. The molecule has 2 amide bonds. The van der Waals surface area contributed by atoms with Crippen molar-refractivity contribution in [2.24, 2.45) is 5.92 Å². The number of halogens is 1. The van der Waals surface area contributed by atoms with Crippen molar-refractivity contribution in [3.05, 3.63) is 59.9 Å². The molecule has 0 bridgehead atoms. The maximum atomic E-state index is 13.0. The molecule has 2 aliphatic rings. The van der Waals surface area contributed by atoms with Crippen LogP contribution in [0.3, 0.4) is 0 Å². The largest absolute Gasteiger partial charge is 0.379 e. The minimum Gasteiger partial charge on any atom is -0.379 e. The van der Waals surface area contributed by atoms with Gasteiger partial charge in [0, 0.05) is 30.4 Å². The molecule has 152 valence electrons. The SMILES string of the molecule is O=C(CN1CCOCC1)Nc1ccc(NC(=O)C2CC2c2ccc(F)cc2)cc1. The van der Waals surface area contributed by atoms with Gasteiger partial charge in [0.15, 0.2) is 0 Å². The molecule has 6 nitrogen and oxygen atoms in total. The number of hydrogen-bond acceptors (Lipinski definition) is 4. The zero-order valence-electron chi connectivity index (χ0n) is 16.1. The fourth-order valence-electron chi connectivity index (χ4n) is 3.60. The molecule has 1 saturated heterocycles. The van der Waals surface area contributed by atoms with Gasteiger partial charge in [0.05, 0.1) is 19.8 Å². The van der Waals surface area contributed by atoms with Crippen LogP contribution in [0.5, 0.6) is 0 Å². The minimum atomic E-state index is -0.271. The quantitative estimate of drug-likeness (QED) is 0.786. The molecule has 0 aromatic heterocycles. The number of hydrogen-bond donors (Lipinski definition) is 2. The lowest BCUT2D eigenvalue weighted by molar-refractivity contribution is -0.118. The van der Waals surface area contributed by atoms with E-state index >= 15 is 0 Å². The summed E-state index contributed by atoms with van der Waals surface area (Å²) in [6.45, 7) is 3.18.